The second-order valence-corrected chi connectivity index (χ2v) is 3.54. The smallest absolute Gasteiger partial charge is 0.212 e. The standard InChI is InChI=1S/C8H11NOS.2C2H6/c1-6(2)7-3-4-11-8(7)9-5-10;2*1-2/h3-6H,1-2H3,(H,9,10);2*1-2H3. The zero-order valence-electron chi connectivity index (χ0n) is 10.6. The highest BCUT2D eigenvalue weighted by Gasteiger charge is 2.05. The second-order valence-electron chi connectivity index (χ2n) is 2.62. The number of anilines is 1. The van der Waals surface area contributed by atoms with E-state index in [0.717, 1.165) is 11.4 Å². The van der Waals surface area contributed by atoms with Crippen molar-refractivity contribution in [2.45, 2.75) is 47.5 Å². The van der Waals surface area contributed by atoms with E-state index >= 15 is 0 Å². The molecule has 0 saturated carbocycles. The molecule has 0 aliphatic rings. The molecule has 1 heterocycles. The fourth-order valence-electron chi connectivity index (χ4n) is 0.945. The predicted molar refractivity (Wildman–Crippen MR) is 70.8 cm³/mol. The quantitative estimate of drug-likeness (QED) is 0.760. The lowest BCUT2D eigenvalue weighted by molar-refractivity contribution is -0.105. The van der Waals surface area contributed by atoms with Gasteiger partial charge in [0.1, 0.15) is 0 Å². The summed E-state index contributed by atoms with van der Waals surface area (Å²) in [6.45, 7) is 12.2. The van der Waals surface area contributed by atoms with Crippen LogP contribution in [0.5, 0.6) is 0 Å². The number of nitrogens with one attached hydrogen (secondary N) is 1. The molecule has 1 rings (SSSR count). The third-order valence-electron chi connectivity index (χ3n) is 1.51. The summed E-state index contributed by atoms with van der Waals surface area (Å²) in [5.74, 6) is 0.476. The van der Waals surface area contributed by atoms with E-state index in [1.165, 1.54) is 5.56 Å². The highest BCUT2D eigenvalue weighted by molar-refractivity contribution is 7.14. The normalized spacial score (nSPS) is 8.20. The van der Waals surface area contributed by atoms with Crippen LogP contribution in [0.3, 0.4) is 0 Å². The summed E-state index contributed by atoms with van der Waals surface area (Å²) in [5.41, 5.74) is 1.21. The molecule has 0 saturated heterocycles. The molecule has 1 aromatic rings. The molecule has 3 heteroatoms. The number of hydrogen-bond donors (Lipinski definition) is 1. The zero-order chi connectivity index (χ0) is 12.3. The average Bonchev–Trinajstić information content (AvgIpc) is 2.73. The molecular weight excluding hydrogens is 206 g/mol. The summed E-state index contributed by atoms with van der Waals surface area (Å²) < 4.78 is 0. The van der Waals surface area contributed by atoms with Crippen LogP contribution in [0.2, 0.25) is 0 Å². The zero-order valence-corrected chi connectivity index (χ0v) is 11.4. The number of rotatable bonds is 3. The maximum atomic E-state index is 10.1. The molecule has 0 fully saturated rings. The Labute approximate surface area is 97.7 Å². The summed E-state index contributed by atoms with van der Waals surface area (Å²) >= 11 is 1.56. The van der Waals surface area contributed by atoms with Gasteiger partial charge in [-0.1, -0.05) is 41.5 Å². The Morgan fingerprint density at radius 3 is 2.20 bits per heavy atom. The highest BCUT2D eigenvalue weighted by Crippen LogP contribution is 2.28. The summed E-state index contributed by atoms with van der Waals surface area (Å²) in [5, 5.41) is 5.63. The highest BCUT2D eigenvalue weighted by atomic mass is 32.1. The lowest BCUT2D eigenvalue weighted by Crippen LogP contribution is -1.95. The molecule has 0 atom stereocenters. The van der Waals surface area contributed by atoms with Gasteiger partial charge in [-0.3, -0.25) is 4.79 Å². The minimum atomic E-state index is 0.476. The molecule has 88 valence electrons. The lowest BCUT2D eigenvalue weighted by atomic mass is 10.1. The molecule has 0 aliphatic carbocycles. The monoisotopic (exact) mass is 229 g/mol. The Morgan fingerprint density at radius 2 is 1.80 bits per heavy atom. The van der Waals surface area contributed by atoms with Crippen LogP contribution in [0.15, 0.2) is 11.4 Å². The molecule has 0 aliphatic heterocycles. The first-order valence-electron chi connectivity index (χ1n) is 5.53. The van der Waals surface area contributed by atoms with E-state index < -0.39 is 0 Å². The van der Waals surface area contributed by atoms with Crippen molar-refractivity contribution in [3.8, 4) is 0 Å². The molecule has 1 amide bonds. The van der Waals surface area contributed by atoms with Gasteiger partial charge >= 0.3 is 0 Å². The Hall–Kier alpha value is -0.830. The molecule has 0 aromatic carbocycles. The largest absolute Gasteiger partial charge is 0.320 e. The van der Waals surface area contributed by atoms with Gasteiger partial charge in [0.15, 0.2) is 0 Å². The average molecular weight is 229 g/mol. The van der Waals surface area contributed by atoms with Crippen molar-refractivity contribution in [2.24, 2.45) is 0 Å². The number of thiophene rings is 1. The van der Waals surface area contributed by atoms with Gasteiger partial charge in [0, 0.05) is 0 Å². The van der Waals surface area contributed by atoms with Crippen molar-refractivity contribution >= 4 is 22.7 Å². The van der Waals surface area contributed by atoms with Crippen molar-refractivity contribution in [2.75, 3.05) is 5.32 Å². The maximum Gasteiger partial charge on any atom is 0.212 e. The van der Waals surface area contributed by atoms with Gasteiger partial charge in [0.25, 0.3) is 0 Å². The third kappa shape index (κ3) is 6.28. The van der Waals surface area contributed by atoms with E-state index in [-0.39, 0.29) is 0 Å². The van der Waals surface area contributed by atoms with Gasteiger partial charge in [0.2, 0.25) is 6.41 Å². The lowest BCUT2D eigenvalue weighted by Gasteiger charge is -2.04. The SMILES string of the molecule is CC.CC.CC(C)c1ccsc1NC=O. The molecular formula is C12H23NOS. The number of hydrogen-bond acceptors (Lipinski definition) is 2. The van der Waals surface area contributed by atoms with E-state index in [1.54, 1.807) is 11.3 Å². The molecule has 15 heavy (non-hydrogen) atoms. The van der Waals surface area contributed by atoms with Crippen LogP contribution in [0.25, 0.3) is 0 Å². The van der Waals surface area contributed by atoms with Gasteiger partial charge in [-0.15, -0.1) is 11.3 Å². The molecule has 1 aromatic heterocycles. The van der Waals surface area contributed by atoms with Crippen molar-refractivity contribution < 1.29 is 4.79 Å². The van der Waals surface area contributed by atoms with Gasteiger partial charge < -0.3 is 5.32 Å². The van der Waals surface area contributed by atoms with Crippen LogP contribution in [0.1, 0.15) is 53.0 Å². The first-order chi connectivity index (χ1) is 7.25. The summed E-state index contributed by atoms with van der Waals surface area (Å²) in [6.07, 6.45) is 0.720. The van der Waals surface area contributed by atoms with Crippen LogP contribution in [0.4, 0.5) is 5.00 Å². The van der Waals surface area contributed by atoms with E-state index in [2.05, 4.69) is 19.2 Å². The number of amides is 1. The molecule has 1 N–H and O–H groups in total. The van der Waals surface area contributed by atoms with Crippen LogP contribution in [0, 0.1) is 0 Å². The Kier molecular flexibility index (Phi) is 12.4. The van der Waals surface area contributed by atoms with Crippen molar-refractivity contribution in [3.63, 3.8) is 0 Å². The summed E-state index contributed by atoms with van der Waals surface area (Å²) in [4.78, 5) is 10.1. The molecule has 2 nitrogen and oxygen atoms in total. The molecule has 0 radical (unpaired) electrons. The first-order valence-corrected chi connectivity index (χ1v) is 6.41. The van der Waals surface area contributed by atoms with Crippen molar-refractivity contribution in [1.29, 1.82) is 0 Å². The fourth-order valence-corrected chi connectivity index (χ4v) is 1.85. The minimum Gasteiger partial charge on any atom is -0.320 e. The van der Waals surface area contributed by atoms with Crippen LogP contribution < -0.4 is 5.32 Å². The number of carbonyl (C=O) groups excluding carboxylic acids is 1. The van der Waals surface area contributed by atoms with Gasteiger partial charge in [0.05, 0.1) is 5.00 Å². The van der Waals surface area contributed by atoms with Gasteiger partial charge in [-0.05, 0) is 22.9 Å². The number of carbonyl (C=O) groups is 1. The minimum absolute atomic E-state index is 0.476. The molecule has 0 unspecified atom stereocenters. The summed E-state index contributed by atoms with van der Waals surface area (Å²) in [7, 11) is 0. The first kappa shape index (κ1) is 16.6. The Balaban J connectivity index is 0. The third-order valence-corrected chi connectivity index (χ3v) is 2.37. The van der Waals surface area contributed by atoms with Crippen LogP contribution in [-0.2, 0) is 4.79 Å². The summed E-state index contributed by atoms with van der Waals surface area (Å²) in [6, 6.07) is 2.04. The van der Waals surface area contributed by atoms with Crippen LogP contribution in [-0.4, -0.2) is 6.41 Å². The topological polar surface area (TPSA) is 29.1 Å². The fraction of sp³-hybridized carbons (Fsp3) is 0.583. The predicted octanol–water partition coefficient (Wildman–Crippen LogP) is 4.49. The maximum absolute atomic E-state index is 10.1. The van der Waals surface area contributed by atoms with Crippen LogP contribution >= 0.6 is 11.3 Å². The van der Waals surface area contributed by atoms with Crippen molar-refractivity contribution in [3.05, 3.63) is 17.0 Å². The molecule has 0 spiro atoms. The molecule has 0 bridgehead atoms. The van der Waals surface area contributed by atoms with E-state index in [1.807, 2.05) is 39.1 Å². The Bertz CT molecular complexity index is 244. The van der Waals surface area contributed by atoms with Gasteiger partial charge in [-0.2, -0.15) is 0 Å². The van der Waals surface area contributed by atoms with Gasteiger partial charge in [-0.25, -0.2) is 0 Å². The Morgan fingerprint density at radius 1 is 1.27 bits per heavy atom. The second kappa shape index (κ2) is 11.2. The van der Waals surface area contributed by atoms with E-state index in [4.69, 9.17) is 0 Å². The van der Waals surface area contributed by atoms with E-state index in [0.29, 0.717) is 5.92 Å². The van der Waals surface area contributed by atoms with Crippen molar-refractivity contribution in [1.82, 2.24) is 0 Å². The van der Waals surface area contributed by atoms with E-state index in [9.17, 15) is 4.79 Å².